The van der Waals surface area contributed by atoms with Crippen LogP contribution >= 0.6 is 0 Å². The molecule has 0 bridgehead atoms. The summed E-state index contributed by atoms with van der Waals surface area (Å²) in [5, 5.41) is 1.14. The minimum Gasteiger partial charge on any atom is -0.468 e. The SMILES string of the molecule is CC(C)(C)c1ccc(N2c3cc(C(C)(C)C)cc4c3B(c3cc5c(cc3N4c3ccc(C(C)(C)C)cc3-c3ccccc3)C(C)(C)CCC5(C)C)c3oc4ccccc4c32)cc1. The molecular weight excluding hydrogens is 751 g/mol. The van der Waals surface area contributed by atoms with E-state index in [1.807, 2.05) is 0 Å². The minimum absolute atomic E-state index is 0.0201. The van der Waals surface area contributed by atoms with Gasteiger partial charge in [-0.1, -0.05) is 157 Å². The van der Waals surface area contributed by atoms with Crippen molar-refractivity contribution in [3.63, 3.8) is 0 Å². The maximum absolute atomic E-state index is 7.29. The van der Waals surface area contributed by atoms with Crippen LogP contribution in [0.25, 0.3) is 22.1 Å². The number of hydrogen-bond donors (Lipinski definition) is 0. The Kier molecular flexibility index (Phi) is 8.85. The van der Waals surface area contributed by atoms with Crippen LogP contribution in [-0.2, 0) is 27.1 Å². The number of hydrogen-bond acceptors (Lipinski definition) is 3. The molecule has 0 N–H and O–H groups in total. The Bertz CT molecular complexity index is 2910. The Morgan fingerprint density at radius 2 is 1.08 bits per heavy atom. The third-order valence-corrected chi connectivity index (χ3v) is 14.6. The van der Waals surface area contributed by atoms with Crippen molar-refractivity contribution in [3.05, 3.63) is 149 Å². The summed E-state index contributed by atoms with van der Waals surface area (Å²) in [6.07, 6.45) is 2.30. The van der Waals surface area contributed by atoms with Gasteiger partial charge in [0, 0.05) is 33.7 Å². The van der Waals surface area contributed by atoms with Gasteiger partial charge in [-0.2, -0.15) is 0 Å². The van der Waals surface area contributed by atoms with Crippen LogP contribution < -0.4 is 26.4 Å². The molecule has 0 saturated carbocycles. The summed E-state index contributed by atoms with van der Waals surface area (Å²) < 4.78 is 7.29. The van der Waals surface area contributed by atoms with Gasteiger partial charge in [-0.05, 0) is 139 Å². The average Bonchev–Trinajstić information content (AvgIpc) is 3.60. The van der Waals surface area contributed by atoms with Gasteiger partial charge in [0.1, 0.15) is 5.58 Å². The molecule has 10 rings (SSSR count). The third kappa shape index (κ3) is 6.30. The van der Waals surface area contributed by atoms with Crippen molar-refractivity contribution in [2.24, 2.45) is 0 Å². The van der Waals surface area contributed by atoms with Crippen molar-refractivity contribution in [2.45, 2.75) is 130 Å². The van der Waals surface area contributed by atoms with Crippen LogP contribution in [0.2, 0.25) is 0 Å². The predicted octanol–water partition coefficient (Wildman–Crippen LogP) is 14.4. The van der Waals surface area contributed by atoms with E-state index in [9.17, 15) is 0 Å². The van der Waals surface area contributed by atoms with E-state index in [0.29, 0.717) is 0 Å². The zero-order valence-electron chi connectivity index (χ0n) is 39.3. The minimum atomic E-state index is -0.131. The van der Waals surface area contributed by atoms with E-state index < -0.39 is 0 Å². The van der Waals surface area contributed by atoms with Crippen LogP contribution in [0.4, 0.5) is 34.1 Å². The number of benzene rings is 6. The molecule has 0 spiro atoms. The van der Waals surface area contributed by atoms with E-state index in [1.54, 1.807) is 0 Å². The monoisotopic (exact) mass is 815 g/mol. The summed E-state index contributed by atoms with van der Waals surface area (Å²) in [7, 11) is 0. The van der Waals surface area contributed by atoms with Crippen LogP contribution in [0.5, 0.6) is 0 Å². The molecule has 314 valence electrons. The number of rotatable bonds is 3. The van der Waals surface area contributed by atoms with Gasteiger partial charge < -0.3 is 14.2 Å². The highest BCUT2D eigenvalue weighted by Gasteiger charge is 2.49. The molecule has 0 atom stereocenters. The van der Waals surface area contributed by atoms with E-state index >= 15 is 0 Å². The molecule has 0 saturated heterocycles. The molecule has 3 aliphatic rings. The first kappa shape index (κ1) is 40.6. The number of nitrogens with zero attached hydrogens (tertiary/aromatic N) is 2. The number of anilines is 6. The first-order valence-corrected chi connectivity index (χ1v) is 22.9. The highest BCUT2D eigenvalue weighted by atomic mass is 16.3. The second-order valence-electron chi connectivity index (χ2n) is 23.0. The van der Waals surface area contributed by atoms with Crippen molar-refractivity contribution in [1.29, 1.82) is 0 Å². The van der Waals surface area contributed by atoms with Gasteiger partial charge >= 0.3 is 0 Å². The summed E-state index contributed by atoms with van der Waals surface area (Å²) in [4.78, 5) is 5.19. The summed E-state index contributed by atoms with van der Waals surface area (Å²) in [6.45, 7) is 30.6. The molecule has 62 heavy (non-hydrogen) atoms. The van der Waals surface area contributed by atoms with E-state index in [4.69, 9.17) is 4.42 Å². The van der Waals surface area contributed by atoms with Gasteiger partial charge in [-0.15, -0.1) is 0 Å². The van der Waals surface area contributed by atoms with Crippen molar-refractivity contribution >= 4 is 68.4 Å². The topological polar surface area (TPSA) is 19.6 Å². The van der Waals surface area contributed by atoms with Crippen LogP contribution in [-0.4, -0.2) is 6.71 Å². The van der Waals surface area contributed by atoms with E-state index in [-0.39, 0.29) is 33.8 Å². The number of para-hydroxylation sites is 1. The van der Waals surface area contributed by atoms with Gasteiger partial charge in [0.2, 0.25) is 0 Å². The average molecular weight is 815 g/mol. The molecule has 3 nitrogen and oxygen atoms in total. The lowest BCUT2D eigenvalue weighted by Gasteiger charge is -2.47. The largest absolute Gasteiger partial charge is 0.468 e. The Balaban J connectivity index is 1.38. The fourth-order valence-electron chi connectivity index (χ4n) is 10.6. The molecule has 6 aromatic carbocycles. The Hall–Kier alpha value is -5.48. The standard InChI is InChI=1S/C58H63BN2O/c1-54(2,3)37-23-26-40(27-24-37)60-48-32-39(56(7,8)9)33-49-51(48)59(53-52(60)41-21-17-18-22-50(41)62-53)45-34-43-44(58(12,13)30-29-57(43,10)11)35-47(45)61(49)46-28-25-38(55(4,5)6)31-42(46)36-19-15-14-16-20-36/h14-28,31-35H,29-30H2,1-13H3. The van der Waals surface area contributed by atoms with Crippen LogP contribution in [0, 0.1) is 0 Å². The maximum Gasteiger partial charge on any atom is 0.297 e. The lowest BCUT2D eigenvalue weighted by Crippen LogP contribution is -2.61. The van der Waals surface area contributed by atoms with E-state index in [0.717, 1.165) is 40.8 Å². The molecule has 1 aromatic heterocycles. The summed E-state index contributed by atoms with van der Waals surface area (Å²) in [5.74, 6) is 0. The van der Waals surface area contributed by atoms with Crippen molar-refractivity contribution in [1.82, 2.24) is 0 Å². The molecule has 0 radical (unpaired) electrons. The van der Waals surface area contributed by atoms with Gasteiger partial charge in [0.15, 0.2) is 0 Å². The van der Waals surface area contributed by atoms with E-state index in [1.165, 1.54) is 72.6 Å². The lowest BCUT2D eigenvalue weighted by atomic mass is 9.35. The Morgan fingerprint density at radius 1 is 0.516 bits per heavy atom. The summed E-state index contributed by atoms with van der Waals surface area (Å²) in [6, 6.07) is 46.5. The molecule has 1 aliphatic carbocycles. The molecule has 0 unspecified atom stereocenters. The normalized spacial score (nSPS) is 16.5. The highest BCUT2D eigenvalue weighted by molar-refractivity contribution is 7.00. The lowest BCUT2D eigenvalue weighted by molar-refractivity contribution is 0.332. The molecule has 0 fully saturated rings. The van der Waals surface area contributed by atoms with Crippen molar-refractivity contribution in [2.75, 3.05) is 9.80 Å². The molecule has 0 amide bonds. The van der Waals surface area contributed by atoms with Crippen LogP contribution in [0.3, 0.4) is 0 Å². The quantitative estimate of drug-likeness (QED) is 0.166. The van der Waals surface area contributed by atoms with Gasteiger partial charge in [0.25, 0.3) is 6.71 Å². The smallest absolute Gasteiger partial charge is 0.297 e. The summed E-state index contributed by atoms with van der Waals surface area (Å²) >= 11 is 0. The molecule has 4 heteroatoms. The second-order valence-corrected chi connectivity index (χ2v) is 23.0. The molecule has 2 aliphatic heterocycles. The van der Waals surface area contributed by atoms with Crippen LogP contribution in [0.15, 0.2) is 126 Å². The Morgan fingerprint density at radius 3 is 1.71 bits per heavy atom. The van der Waals surface area contributed by atoms with Crippen molar-refractivity contribution in [3.8, 4) is 11.1 Å². The van der Waals surface area contributed by atoms with Gasteiger partial charge in [-0.25, -0.2) is 0 Å². The fourth-order valence-corrected chi connectivity index (χ4v) is 10.6. The molecule has 3 heterocycles. The highest BCUT2D eigenvalue weighted by Crippen LogP contribution is 2.53. The fraction of sp³-hybridized carbons (Fsp3) is 0.345. The van der Waals surface area contributed by atoms with Gasteiger partial charge in [0.05, 0.1) is 17.0 Å². The zero-order valence-corrected chi connectivity index (χ0v) is 39.3. The first-order valence-electron chi connectivity index (χ1n) is 22.9. The molecular formula is C58H63BN2O. The number of fused-ring (bicyclic) bond motifs is 7. The van der Waals surface area contributed by atoms with Crippen LogP contribution in [0.1, 0.15) is 131 Å². The van der Waals surface area contributed by atoms with Crippen molar-refractivity contribution < 1.29 is 4.42 Å². The van der Waals surface area contributed by atoms with E-state index in [2.05, 4.69) is 221 Å². The third-order valence-electron chi connectivity index (χ3n) is 14.6. The zero-order chi connectivity index (χ0) is 43.9. The molecule has 7 aromatic rings. The van der Waals surface area contributed by atoms with Gasteiger partial charge in [-0.3, -0.25) is 0 Å². The second kappa shape index (κ2) is 13.5. The summed E-state index contributed by atoms with van der Waals surface area (Å²) in [5.41, 5.74) is 21.0. The predicted molar refractivity (Wildman–Crippen MR) is 267 cm³/mol. The number of furan rings is 1. The Labute approximate surface area is 371 Å². The maximum atomic E-state index is 7.29. The first-order chi connectivity index (χ1) is 29.1.